The van der Waals surface area contributed by atoms with E-state index in [0.717, 1.165) is 22.6 Å². The van der Waals surface area contributed by atoms with Crippen molar-refractivity contribution in [3.05, 3.63) is 5.01 Å². The quantitative estimate of drug-likeness (QED) is 0.787. The second-order valence-corrected chi connectivity index (χ2v) is 5.10. The van der Waals surface area contributed by atoms with Gasteiger partial charge in [0.1, 0.15) is 5.01 Å². The highest BCUT2D eigenvalue weighted by Crippen LogP contribution is 2.35. The monoisotopic (exact) mass is 217 g/mol. The summed E-state index contributed by atoms with van der Waals surface area (Å²) in [5.74, 6) is 0.725. The van der Waals surface area contributed by atoms with Gasteiger partial charge < -0.3 is 5.32 Å². The van der Waals surface area contributed by atoms with Crippen LogP contribution in [0.5, 0.6) is 0 Å². The highest BCUT2D eigenvalue weighted by molar-refractivity contribution is 7.15. The molecule has 1 aromatic rings. The number of hydrogen-bond donors (Lipinski definition) is 1. The molecule has 1 aromatic heterocycles. The first-order valence-electron chi connectivity index (χ1n) is 4.44. The number of rotatable bonds is 4. The summed E-state index contributed by atoms with van der Waals surface area (Å²) in [7, 11) is 0. The van der Waals surface area contributed by atoms with Gasteiger partial charge in [0, 0.05) is 6.54 Å². The van der Waals surface area contributed by atoms with Crippen molar-refractivity contribution in [1.29, 1.82) is 0 Å². The van der Waals surface area contributed by atoms with Crippen LogP contribution in [0.3, 0.4) is 0 Å². The first-order valence-corrected chi connectivity index (χ1v) is 5.69. The number of alkyl halides is 1. The predicted octanol–water partition coefficient (Wildman–Crippen LogP) is 2.28. The minimum Gasteiger partial charge on any atom is -0.359 e. The highest BCUT2D eigenvalue weighted by Gasteiger charge is 2.29. The van der Waals surface area contributed by atoms with Crippen molar-refractivity contribution in [3.8, 4) is 0 Å². The Bertz CT molecular complexity index is 285. The molecule has 0 amide bonds. The first-order chi connectivity index (χ1) is 6.25. The summed E-state index contributed by atoms with van der Waals surface area (Å²) in [5.41, 5.74) is 0. The Labute approximate surface area is 86.5 Å². The van der Waals surface area contributed by atoms with Crippen molar-refractivity contribution in [2.24, 2.45) is 5.92 Å². The van der Waals surface area contributed by atoms with Crippen LogP contribution >= 0.6 is 22.9 Å². The van der Waals surface area contributed by atoms with Gasteiger partial charge in [-0.25, -0.2) is 0 Å². The topological polar surface area (TPSA) is 37.8 Å². The third-order valence-corrected chi connectivity index (χ3v) is 3.41. The molecule has 1 saturated carbocycles. The van der Waals surface area contributed by atoms with Crippen LogP contribution in [-0.4, -0.2) is 22.1 Å². The van der Waals surface area contributed by atoms with E-state index in [9.17, 15) is 0 Å². The molecule has 0 spiro atoms. The van der Waals surface area contributed by atoms with Crippen molar-refractivity contribution < 1.29 is 0 Å². The average molecular weight is 218 g/mol. The third kappa shape index (κ3) is 2.54. The van der Waals surface area contributed by atoms with Gasteiger partial charge in [0.15, 0.2) is 0 Å². The number of anilines is 1. The molecule has 13 heavy (non-hydrogen) atoms. The summed E-state index contributed by atoms with van der Waals surface area (Å²) in [6.07, 6.45) is 2.57. The van der Waals surface area contributed by atoms with Gasteiger partial charge in [0.25, 0.3) is 0 Å². The maximum Gasteiger partial charge on any atom is 0.205 e. The van der Waals surface area contributed by atoms with Gasteiger partial charge in [-0.05, 0) is 25.7 Å². The lowest BCUT2D eigenvalue weighted by molar-refractivity contribution is 0.769. The van der Waals surface area contributed by atoms with Crippen LogP contribution in [0.2, 0.25) is 0 Å². The molecule has 72 valence electrons. The second kappa shape index (κ2) is 3.80. The number of nitrogens with one attached hydrogen (secondary N) is 1. The smallest absolute Gasteiger partial charge is 0.205 e. The van der Waals surface area contributed by atoms with Crippen LogP contribution < -0.4 is 5.32 Å². The minimum atomic E-state index is 0.254. The molecule has 1 heterocycles. The maximum absolute atomic E-state index is 6.13. The SMILES string of the molecule is Cc1nnc(NCC(Cl)C2CC2)s1. The van der Waals surface area contributed by atoms with E-state index in [4.69, 9.17) is 11.6 Å². The van der Waals surface area contributed by atoms with Gasteiger partial charge in [-0.3, -0.25) is 0 Å². The zero-order valence-corrected chi connectivity index (χ0v) is 9.03. The number of hydrogen-bond acceptors (Lipinski definition) is 4. The van der Waals surface area contributed by atoms with Crippen molar-refractivity contribution in [2.75, 3.05) is 11.9 Å². The summed E-state index contributed by atoms with van der Waals surface area (Å²) < 4.78 is 0. The van der Waals surface area contributed by atoms with E-state index in [1.54, 1.807) is 11.3 Å². The molecule has 5 heteroatoms. The lowest BCUT2D eigenvalue weighted by atomic mass is 10.3. The summed E-state index contributed by atoms with van der Waals surface area (Å²) in [6, 6.07) is 0. The molecule has 0 aromatic carbocycles. The Morgan fingerprint density at radius 2 is 2.38 bits per heavy atom. The van der Waals surface area contributed by atoms with E-state index < -0.39 is 0 Å². The molecular formula is C8H12ClN3S. The molecule has 1 aliphatic rings. The molecule has 3 nitrogen and oxygen atoms in total. The maximum atomic E-state index is 6.13. The number of nitrogens with zero attached hydrogens (tertiary/aromatic N) is 2. The predicted molar refractivity (Wildman–Crippen MR) is 55.5 cm³/mol. The summed E-state index contributed by atoms with van der Waals surface area (Å²) in [4.78, 5) is 0. The lowest BCUT2D eigenvalue weighted by Crippen LogP contribution is -2.15. The van der Waals surface area contributed by atoms with Crippen molar-refractivity contribution >= 4 is 28.1 Å². The fourth-order valence-corrected chi connectivity index (χ4v) is 2.11. The molecule has 2 rings (SSSR count). The summed E-state index contributed by atoms with van der Waals surface area (Å²) in [5, 5.41) is 13.2. The molecule has 0 bridgehead atoms. The standard InChI is InChI=1S/C8H12ClN3S/c1-5-11-12-8(13-5)10-4-7(9)6-2-3-6/h6-7H,2-4H2,1H3,(H,10,12). The van der Waals surface area contributed by atoms with E-state index in [0.29, 0.717) is 0 Å². The van der Waals surface area contributed by atoms with Gasteiger partial charge >= 0.3 is 0 Å². The molecule has 0 aliphatic heterocycles. The Balaban J connectivity index is 1.78. The van der Waals surface area contributed by atoms with Gasteiger partial charge in [0.05, 0.1) is 5.38 Å². The first kappa shape index (κ1) is 9.21. The third-order valence-electron chi connectivity index (χ3n) is 2.11. The van der Waals surface area contributed by atoms with Crippen LogP contribution in [0, 0.1) is 12.8 Å². The van der Waals surface area contributed by atoms with E-state index in [1.807, 2.05) is 6.92 Å². The second-order valence-electron chi connectivity index (χ2n) is 3.36. The highest BCUT2D eigenvalue weighted by atomic mass is 35.5. The number of aryl methyl sites for hydroxylation is 1. The van der Waals surface area contributed by atoms with E-state index in [2.05, 4.69) is 15.5 Å². The Morgan fingerprint density at radius 3 is 2.92 bits per heavy atom. The molecule has 0 saturated heterocycles. The molecule has 1 atom stereocenters. The van der Waals surface area contributed by atoms with Crippen LogP contribution in [-0.2, 0) is 0 Å². The van der Waals surface area contributed by atoms with E-state index in [1.165, 1.54) is 12.8 Å². The molecule has 1 unspecified atom stereocenters. The van der Waals surface area contributed by atoms with Crippen molar-refractivity contribution in [1.82, 2.24) is 10.2 Å². The largest absolute Gasteiger partial charge is 0.359 e. The van der Waals surface area contributed by atoms with Crippen molar-refractivity contribution in [3.63, 3.8) is 0 Å². The zero-order chi connectivity index (χ0) is 9.26. The number of aromatic nitrogens is 2. The molecule has 1 fully saturated rings. The Hall–Kier alpha value is -0.350. The van der Waals surface area contributed by atoms with Crippen LogP contribution in [0.25, 0.3) is 0 Å². The fourth-order valence-electron chi connectivity index (χ4n) is 1.18. The normalized spacial score (nSPS) is 18.6. The van der Waals surface area contributed by atoms with Gasteiger partial charge in [-0.2, -0.15) is 0 Å². The van der Waals surface area contributed by atoms with Gasteiger partial charge in [0.2, 0.25) is 5.13 Å². The Kier molecular flexibility index (Phi) is 2.69. The van der Waals surface area contributed by atoms with E-state index >= 15 is 0 Å². The van der Waals surface area contributed by atoms with Crippen LogP contribution in [0.1, 0.15) is 17.8 Å². The zero-order valence-electron chi connectivity index (χ0n) is 7.46. The molecule has 1 aliphatic carbocycles. The Morgan fingerprint density at radius 1 is 1.62 bits per heavy atom. The minimum absolute atomic E-state index is 0.254. The van der Waals surface area contributed by atoms with E-state index in [-0.39, 0.29) is 5.38 Å². The summed E-state index contributed by atoms with van der Waals surface area (Å²) >= 11 is 7.70. The van der Waals surface area contributed by atoms with Crippen LogP contribution in [0.4, 0.5) is 5.13 Å². The lowest BCUT2D eigenvalue weighted by Gasteiger charge is -2.06. The molecule has 0 radical (unpaired) electrons. The van der Waals surface area contributed by atoms with Crippen LogP contribution in [0.15, 0.2) is 0 Å². The van der Waals surface area contributed by atoms with Gasteiger partial charge in [-0.1, -0.05) is 11.3 Å². The van der Waals surface area contributed by atoms with Crippen molar-refractivity contribution in [2.45, 2.75) is 25.1 Å². The molecular weight excluding hydrogens is 206 g/mol. The van der Waals surface area contributed by atoms with Gasteiger partial charge in [-0.15, -0.1) is 21.8 Å². The summed E-state index contributed by atoms with van der Waals surface area (Å²) in [6.45, 7) is 2.75. The average Bonchev–Trinajstić information content (AvgIpc) is 2.87. The fraction of sp³-hybridized carbons (Fsp3) is 0.750. The number of halogens is 1. The molecule has 1 N–H and O–H groups in total.